The zero-order valence-electron chi connectivity index (χ0n) is 23.0. The summed E-state index contributed by atoms with van der Waals surface area (Å²) in [7, 11) is 0. The van der Waals surface area contributed by atoms with Gasteiger partial charge in [-0.25, -0.2) is 19.5 Å². The Hall–Kier alpha value is -5.77. The lowest BCUT2D eigenvalue weighted by atomic mass is 10.1. The van der Waals surface area contributed by atoms with E-state index in [-0.39, 0.29) is 23.2 Å². The molecule has 1 atom stereocenters. The number of rotatable bonds is 6. The van der Waals surface area contributed by atoms with Crippen LogP contribution in [0.3, 0.4) is 0 Å². The Kier molecular flexibility index (Phi) is 8.05. The molecule has 1 amide bonds. The molecule has 13 nitrogen and oxygen atoms in total. The lowest BCUT2D eigenvalue weighted by Crippen LogP contribution is -2.47. The van der Waals surface area contributed by atoms with Crippen LogP contribution in [-0.2, 0) is 0 Å². The van der Waals surface area contributed by atoms with E-state index in [2.05, 4.69) is 42.1 Å². The molecule has 214 valence electrons. The number of nitrogens with zero attached hydrogens (tertiary/aromatic N) is 7. The summed E-state index contributed by atoms with van der Waals surface area (Å²) in [5, 5.41) is 17.2. The van der Waals surface area contributed by atoms with Crippen LogP contribution in [0.25, 0.3) is 11.3 Å². The summed E-state index contributed by atoms with van der Waals surface area (Å²) in [6, 6.07) is 11.5. The summed E-state index contributed by atoms with van der Waals surface area (Å²) < 4.78 is 1.54. The fourth-order valence-corrected chi connectivity index (χ4v) is 4.48. The number of anilines is 1. The molecule has 0 saturated carbocycles. The summed E-state index contributed by atoms with van der Waals surface area (Å²) in [6.45, 7) is 4.29. The van der Waals surface area contributed by atoms with Crippen LogP contribution in [0.5, 0.6) is 5.75 Å². The average molecular weight is 566 g/mol. The fraction of sp³-hybridized carbons (Fsp3) is 0.207. The molecule has 0 radical (unpaired) electrons. The zero-order valence-corrected chi connectivity index (χ0v) is 23.0. The predicted molar refractivity (Wildman–Crippen MR) is 158 cm³/mol. The van der Waals surface area contributed by atoms with Crippen molar-refractivity contribution in [2.75, 3.05) is 31.1 Å². The Bertz CT molecular complexity index is 1690. The molecule has 5 rings (SSSR count). The lowest BCUT2D eigenvalue weighted by Gasteiger charge is -2.37. The highest BCUT2D eigenvalue weighted by molar-refractivity contribution is 5.93. The highest BCUT2D eigenvalue weighted by atomic mass is 16.3. The van der Waals surface area contributed by atoms with Crippen molar-refractivity contribution in [2.24, 2.45) is 17.2 Å². The molecule has 1 fully saturated rings. The van der Waals surface area contributed by atoms with Gasteiger partial charge in [-0.3, -0.25) is 4.79 Å². The Morgan fingerprint density at radius 2 is 1.86 bits per heavy atom. The van der Waals surface area contributed by atoms with E-state index in [0.717, 1.165) is 5.82 Å². The number of aromatic nitrogens is 5. The Morgan fingerprint density at radius 1 is 1.07 bits per heavy atom. The van der Waals surface area contributed by atoms with Gasteiger partial charge in [0.05, 0.1) is 11.7 Å². The molecule has 42 heavy (non-hydrogen) atoms. The fourth-order valence-electron chi connectivity index (χ4n) is 4.48. The third-order valence-corrected chi connectivity index (χ3v) is 6.61. The van der Waals surface area contributed by atoms with E-state index in [9.17, 15) is 9.90 Å². The maximum absolute atomic E-state index is 12.6. The van der Waals surface area contributed by atoms with Crippen molar-refractivity contribution in [1.29, 1.82) is 0 Å². The molecular formula is C29H31N11O2. The first-order valence-electron chi connectivity index (χ1n) is 13.2. The number of aromatic hydroxyl groups is 1. The Morgan fingerprint density at radius 3 is 2.60 bits per heavy atom. The molecule has 1 aliphatic rings. The van der Waals surface area contributed by atoms with Crippen molar-refractivity contribution in [3.8, 4) is 17.6 Å². The van der Waals surface area contributed by atoms with Gasteiger partial charge in [0.1, 0.15) is 17.4 Å². The lowest BCUT2D eigenvalue weighted by molar-refractivity contribution is 0.0942. The monoisotopic (exact) mass is 565 g/mol. The van der Waals surface area contributed by atoms with E-state index in [1.807, 2.05) is 11.0 Å². The molecule has 3 aromatic heterocycles. The van der Waals surface area contributed by atoms with Crippen LogP contribution in [0.15, 0.2) is 78.6 Å². The van der Waals surface area contributed by atoms with E-state index < -0.39 is 6.04 Å². The number of carbonyl (C=O) groups is 1. The number of amides is 1. The maximum atomic E-state index is 12.6. The molecule has 8 N–H and O–H groups in total. The van der Waals surface area contributed by atoms with Gasteiger partial charge in [0.25, 0.3) is 5.91 Å². The average Bonchev–Trinajstić information content (AvgIpc) is 3.44. The summed E-state index contributed by atoms with van der Waals surface area (Å²) in [5.41, 5.74) is 20.6. The van der Waals surface area contributed by atoms with E-state index >= 15 is 0 Å². The van der Waals surface area contributed by atoms with E-state index in [1.54, 1.807) is 68.0 Å². The van der Waals surface area contributed by atoms with Crippen molar-refractivity contribution in [1.82, 2.24) is 34.8 Å². The highest BCUT2D eigenvalue weighted by Gasteiger charge is 2.21. The van der Waals surface area contributed by atoms with Crippen LogP contribution in [0.2, 0.25) is 0 Å². The summed E-state index contributed by atoms with van der Waals surface area (Å²) >= 11 is 0. The van der Waals surface area contributed by atoms with Crippen LogP contribution in [0, 0.1) is 11.8 Å². The van der Waals surface area contributed by atoms with Crippen molar-refractivity contribution in [2.45, 2.75) is 13.0 Å². The quantitative estimate of drug-likeness (QED) is 0.163. The minimum atomic E-state index is -0.462. The third kappa shape index (κ3) is 6.34. The van der Waals surface area contributed by atoms with Gasteiger partial charge in [0.2, 0.25) is 5.82 Å². The molecule has 13 heteroatoms. The molecule has 0 aliphatic carbocycles. The summed E-state index contributed by atoms with van der Waals surface area (Å²) in [6.07, 6.45) is 6.70. The molecule has 0 spiro atoms. The van der Waals surface area contributed by atoms with Gasteiger partial charge in [-0.15, -0.1) is 0 Å². The van der Waals surface area contributed by atoms with Crippen molar-refractivity contribution >= 4 is 23.1 Å². The Balaban J connectivity index is 1.20. The number of benzene rings is 1. The van der Waals surface area contributed by atoms with Gasteiger partial charge in [-0.05, 0) is 43.2 Å². The minimum Gasteiger partial charge on any atom is -0.507 e. The number of carbonyl (C=O) groups excluding carboxylic acids is 1. The van der Waals surface area contributed by atoms with Crippen molar-refractivity contribution in [3.63, 3.8) is 0 Å². The van der Waals surface area contributed by atoms with Gasteiger partial charge >= 0.3 is 0 Å². The van der Waals surface area contributed by atoms with Crippen molar-refractivity contribution in [3.05, 3.63) is 95.7 Å². The van der Waals surface area contributed by atoms with Crippen LogP contribution in [0.4, 0.5) is 5.82 Å². The van der Waals surface area contributed by atoms with Gasteiger partial charge < -0.3 is 37.4 Å². The molecule has 4 heterocycles. The van der Waals surface area contributed by atoms with Gasteiger partial charge in [-0.2, -0.15) is 5.10 Å². The normalized spacial score (nSPS) is 14.2. The number of phenols is 1. The SMILES string of the molecule is CC(C#Cc1nccc(N2CCN(C(/C=C(\N)c3ccccc3O)=C(N)N)CC2)n1)NC(=O)c1cc2ncccn2n1. The number of piperazine rings is 1. The predicted octanol–water partition coefficient (Wildman–Crippen LogP) is 0.603. The largest absolute Gasteiger partial charge is 0.507 e. The zero-order chi connectivity index (χ0) is 29.6. The van der Waals surface area contributed by atoms with Gasteiger partial charge in [0.15, 0.2) is 11.3 Å². The number of nitrogens with one attached hydrogen (secondary N) is 1. The molecule has 1 aliphatic heterocycles. The number of para-hydroxylation sites is 1. The second-order valence-electron chi connectivity index (χ2n) is 9.59. The Labute approximate surface area is 242 Å². The van der Waals surface area contributed by atoms with Crippen LogP contribution < -0.4 is 27.4 Å². The number of hydrogen-bond acceptors (Lipinski definition) is 11. The number of allylic oxidation sites excluding steroid dienone is 1. The van der Waals surface area contributed by atoms with Crippen LogP contribution in [-0.4, -0.2) is 72.7 Å². The molecule has 1 aromatic carbocycles. The number of phenolic OH excluding ortho intramolecular Hbond substituents is 1. The first-order valence-corrected chi connectivity index (χ1v) is 13.2. The van der Waals surface area contributed by atoms with Crippen LogP contribution in [0.1, 0.15) is 28.8 Å². The molecule has 1 unspecified atom stereocenters. The smallest absolute Gasteiger partial charge is 0.272 e. The summed E-state index contributed by atoms with van der Waals surface area (Å²) in [4.78, 5) is 29.8. The first kappa shape index (κ1) is 27.8. The maximum Gasteiger partial charge on any atom is 0.272 e. The molecular weight excluding hydrogens is 534 g/mol. The molecule has 1 saturated heterocycles. The van der Waals surface area contributed by atoms with E-state index in [1.165, 1.54) is 4.52 Å². The molecule has 4 aromatic rings. The van der Waals surface area contributed by atoms with Gasteiger partial charge in [0, 0.05) is 62.1 Å². The van der Waals surface area contributed by atoms with Gasteiger partial charge in [-0.1, -0.05) is 18.1 Å². The second-order valence-corrected chi connectivity index (χ2v) is 9.59. The molecule has 0 bridgehead atoms. The summed E-state index contributed by atoms with van der Waals surface area (Å²) in [5.74, 6) is 6.88. The first-order chi connectivity index (χ1) is 20.3. The van der Waals surface area contributed by atoms with Crippen LogP contribution >= 0.6 is 0 Å². The number of fused-ring (bicyclic) bond motifs is 1. The van der Waals surface area contributed by atoms with E-state index in [0.29, 0.717) is 54.6 Å². The number of nitrogens with two attached hydrogens (primary N) is 3. The topological polar surface area (TPSA) is 190 Å². The highest BCUT2D eigenvalue weighted by Crippen LogP contribution is 2.24. The van der Waals surface area contributed by atoms with E-state index in [4.69, 9.17) is 17.2 Å². The minimum absolute atomic E-state index is 0.0785. The van der Waals surface area contributed by atoms with Crippen molar-refractivity contribution < 1.29 is 9.90 Å². The number of hydrogen-bond donors (Lipinski definition) is 5. The standard InChI is InChI=1S/C29H31N11O2/c1-19(35-29(42)22-18-27-34-10-4-12-40(27)37-22)7-8-25-33-11-9-26(36-25)39-15-13-38(14-16-39)23(28(31)32)17-21(30)20-5-2-3-6-24(20)41/h2-6,9-12,17-19,41H,13-16,30-32H2,1H3,(H,35,42)/b21-17-. The third-order valence-electron chi connectivity index (χ3n) is 6.61. The second kappa shape index (κ2) is 12.2.